The standard InChI is InChI=1S/C11H12OS2/c1-3-7-6-14-11-8(12-2)4-5-9(13)10(7)11/h4-6,13H,3H2,1-2H3. The van der Waals surface area contributed by atoms with Gasteiger partial charge in [0.15, 0.2) is 0 Å². The summed E-state index contributed by atoms with van der Waals surface area (Å²) in [5.41, 5.74) is 1.36. The number of fused-ring (bicyclic) bond motifs is 1. The lowest BCUT2D eigenvalue weighted by Crippen LogP contribution is -1.84. The van der Waals surface area contributed by atoms with Crippen LogP contribution in [0.2, 0.25) is 0 Å². The van der Waals surface area contributed by atoms with Crippen LogP contribution < -0.4 is 4.74 Å². The molecule has 1 aromatic carbocycles. The van der Waals surface area contributed by atoms with Gasteiger partial charge in [-0.2, -0.15) is 0 Å². The van der Waals surface area contributed by atoms with Crippen LogP contribution in [0, 0.1) is 0 Å². The molecule has 0 spiro atoms. The van der Waals surface area contributed by atoms with Crippen LogP contribution >= 0.6 is 24.0 Å². The summed E-state index contributed by atoms with van der Waals surface area (Å²) in [5, 5.41) is 3.44. The van der Waals surface area contributed by atoms with Gasteiger partial charge in [-0.05, 0) is 29.5 Å². The lowest BCUT2D eigenvalue weighted by Gasteiger charge is -2.04. The highest BCUT2D eigenvalue weighted by Gasteiger charge is 2.09. The van der Waals surface area contributed by atoms with Crippen LogP contribution in [0.1, 0.15) is 12.5 Å². The number of methoxy groups -OCH3 is 1. The molecule has 14 heavy (non-hydrogen) atoms. The number of ether oxygens (including phenoxy) is 1. The van der Waals surface area contributed by atoms with Gasteiger partial charge in [0, 0.05) is 10.3 Å². The molecule has 2 aromatic rings. The molecule has 0 amide bonds. The van der Waals surface area contributed by atoms with E-state index in [1.807, 2.05) is 12.1 Å². The van der Waals surface area contributed by atoms with Crippen LogP contribution in [0.5, 0.6) is 5.75 Å². The van der Waals surface area contributed by atoms with Crippen LogP contribution in [0.3, 0.4) is 0 Å². The van der Waals surface area contributed by atoms with E-state index in [9.17, 15) is 0 Å². The Labute approximate surface area is 93.1 Å². The maximum Gasteiger partial charge on any atom is 0.136 e. The number of thiophene rings is 1. The lowest BCUT2D eigenvalue weighted by molar-refractivity contribution is 0.420. The molecule has 2 rings (SSSR count). The van der Waals surface area contributed by atoms with Gasteiger partial charge >= 0.3 is 0 Å². The van der Waals surface area contributed by atoms with Crippen molar-refractivity contribution in [2.75, 3.05) is 7.11 Å². The molecule has 1 aromatic heterocycles. The third-order valence-corrected chi connectivity index (χ3v) is 3.76. The fourth-order valence-electron chi connectivity index (χ4n) is 1.59. The first-order valence-corrected chi connectivity index (χ1v) is 5.86. The largest absolute Gasteiger partial charge is 0.495 e. The number of aryl methyl sites for hydroxylation is 1. The van der Waals surface area contributed by atoms with E-state index in [0.29, 0.717) is 0 Å². The molecular formula is C11H12OS2. The summed E-state index contributed by atoms with van der Waals surface area (Å²) in [7, 11) is 1.71. The summed E-state index contributed by atoms with van der Waals surface area (Å²) in [4.78, 5) is 1.04. The minimum absolute atomic E-state index is 0.947. The molecule has 0 unspecified atom stereocenters. The Kier molecular flexibility index (Phi) is 2.70. The highest BCUT2D eigenvalue weighted by molar-refractivity contribution is 7.80. The van der Waals surface area contributed by atoms with Crippen LogP contribution in [0.15, 0.2) is 22.4 Å². The molecule has 74 valence electrons. The first kappa shape index (κ1) is 9.87. The van der Waals surface area contributed by atoms with Gasteiger partial charge in [0.05, 0.1) is 11.8 Å². The van der Waals surface area contributed by atoms with Crippen LogP contribution in [-0.2, 0) is 6.42 Å². The van der Waals surface area contributed by atoms with Gasteiger partial charge in [0.2, 0.25) is 0 Å². The topological polar surface area (TPSA) is 9.23 Å². The number of rotatable bonds is 2. The maximum atomic E-state index is 5.32. The van der Waals surface area contributed by atoms with Crippen LogP contribution in [0.4, 0.5) is 0 Å². The molecule has 1 nitrogen and oxygen atoms in total. The summed E-state index contributed by atoms with van der Waals surface area (Å²) in [5.74, 6) is 0.947. The van der Waals surface area contributed by atoms with E-state index in [1.54, 1.807) is 18.4 Å². The Morgan fingerprint density at radius 1 is 1.43 bits per heavy atom. The van der Waals surface area contributed by atoms with Gasteiger partial charge in [-0.15, -0.1) is 24.0 Å². The fourth-order valence-corrected chi connectivity index (χ4v) is 3.17. The minimum Gasteiger partial charge on any atom is -0.495 e. The van der Waals surface area contributed by atoms with E-state index < -0.39 is 0 Å². The van der Waals surface area contributed by atoms with Crippen molar-refractivity contribution in [2.45, 2.75) is 18.2 Å². The van der Waals surface area contributed by atoms with E-state index >= 15 is 0 Å². The van der Waals surface area contributed by atoms with Gasteiger partial charge in [0.25, 0.3) is 0 Å². The molecule has 0 N–H and O–H groups in total. The maximum absolute atomic E-state index is 5.32. The molecular weight excluding hydrogens is 212 g/mol. The predicted octanol–water partition coefficient (Wildman–Crippen LogP) is 3.76. The zero-order valence-corrected chi connectivity index (χ0v) is 9.91. The summed E-state index contributed by atoms with van der Waals surface area (Å²) in [6.07, 6.45) is 1.04. The normalized spacial score (nSPS) is 10.8. The Bertz CT molecular complexity index is 460. The fraction of sp³-hybridized carbons (Fsp3) is 0.273. The SMILES string of the molecule is CCc1csc2c(OC)ccc(S)c12. The van der Waals surface area contributed by atoms with Gasteiger partial charge < -0.3 is 4.74 Å². The molecule has 1 heterocycles. The zero-order chi connectivity index (χ0) is 10.1. The number of hydrogen-bond acceptors (Lipinski definition) is 3. The average Bonchev–Trinajstić information content (AvgIpc) is 2.63. The zero-order valence-electron chi connectivity index (χ0n) is 8.20. The Hall–Kier alpha value is -0.670. The smallest absolute Gasteiger partial charge is 0.136 e. The van der Waals surface area contributed by atoms with Crippen LogP contribution in [-0.4, -0.2) is 7.11 Å². The second-order valence-corrected chi connectivity index (χ2v) is 4.47. The second-order valence-electron chi connectivity index (χ2n) is 3.11. The Balaban J connectivity index is 2.80. The summed E-state index contributed by atoms with van der Waals surface area (Å²) >= 11 is 6.21. The summed E-state index contributed by atoms with van der Waals surface area (Å²) in [6.45, 7) is 2.16. The monoisotopic (exact) mass is 224 g/mol. The van der Waals surface area contributed by atoms with E-state index in [0.717, 1.165) is 17.1 Å². The first-order chi connectivity index (χ1) is 6.77. The molecule has 0 radical (unpaired) electrons. The highest BCUT2D eigenvalue weighted by atomic mass is 32.1. The van der Waals surface area contributed by atoms with Crippen molar-refractivity contribution in [1.82, 2.24) is 0 Å². The molecule has 0 aliphatic carbocycles. The second kappa shape index (κ2) is 3.83. The van der Waals surface area contributed by atoms with E-state index in [1.165, 1.54) is 15.6 Å². The average molecular weight is 224 g/mol. The van der Waals surface area contributed by atoms with Gasteiger partial charge in [-0.1, -0.05) is 6.92 Å². The van der Waals surface area contributed by atoms with E-state index in [-0.39, 0.29) is 0 Å². The quantitative estimate of drug-likeness (QED) is 0.764. The van der Waals surface area contributed by atoms with E-state index in [2.05, 4.69) is 24.9 Å². The molecule has 0 aliphatic rings. The molecule has 0 atom stereocenters. The third-order valence-electron chi connectivity index (χ3n) is 2.34. The molecule has 0 saturated carbocycles. The molecule has 0 bridgehead atoms. The van der Waals surface area contributed by atoms with Crippen molar-refractivity contribution >= 4 is 34.1 Å². The van der Waals surface area contributed by atoms with E-state index in [4.69, 9.17) is 4.74 Å². The number of hydrogen-bond donors (Lipinski definition) is 1. The summed E-state index contributed by atoms with van der Waals surface area (Å²) < 4.78 is 6.52. The lowest BCUT2D eigenvalue weighted by atomic mass is 10.1. The minimum atomic E-state index is 0.947. The van der Waals surface area contributed by atoms with Crippen LogP contribution in [0.25, 0.3) is 10.1 Å². The van der Waals surface area contributed by atoms with Crippen molar-refractivity contribution < 1.29 is 4.74 Å². The van der Waals surface area contributed by atoms with Gasteiger partial charge in [-0.3, -0.25) is 0 Å². The molecule has 0 saturated heterocycles. The van der Waals surface area contributed by atoms with Crippen molar-refractivity contribution in [1.29, 1.82) is 0 Å². The summed E-state index contributed by atoms with van der Waals surface area (Å²) in [6, 6.07) is 3.97. The Morgan fingerprint density at radius 2 is 2.21 bits per heavy atom. The highest BCUT2D eigenvalue weighted by Crippen LogP contribution is 2.37. The Morgan fingerprint density at radius 3 is 2.86 bits per heavy atom. The third kappa shape index (κ3) is 1.41. The molecule has 3 heteroatoms. The molecule has 0 fully saturated rings. The molecule has 0 aliphatic heterocycles. The number of benzene rings is 1. The van der Waals surface area contributed by atoms with Crippen molar-refractivity contribution in [3.63, 3.8) is 0 Å². The van der Waals surface area contributed by atoms with Crippen molar-refractivity contribution in [3.05, 3.63) is 23.1 Å². The van der Waals surface area contributed by atoms with Crippen molar-refractivity contribution in [2.24, 2.45) is 0 Å². The van der Waals surface area contributed by atoms with Crippen molar-refractivity contribution in [3.8, 4) is 5.75 Å². The van der Waals surface area contributed by atoms with Gasteiger partial charge in [0.1, 0.15) is 5.75 Å². The number of thiol groups is 1. The predicted molar refractivity (Wildman–Crippen MR) is 65.0 cm³/mol. The first-order valence-electron chi connectivity index (χ1n) is 4.54. The van der Waals surface area contributed by atoms with Gasteiger partial charge in [-0.25, -0.2) is 0 Å².